The van der Waals surface area contributed by atoms with E-state index < -0.39 is 29.4 Å². The molecule has 0 radical (unpaired) electrons. The molecule has 2 aromatic carbocycles. The molecule has 0 fully saturated rings. The van der Waals surface area contributed by atoms with Crippen LogP contribution in [0.15, 0.2) is 53.1 Å². The second kappa shape index (κ2) is 10.7. The standard InChI is InChI=1S/C26H22BrClF3N5O2/c1-4-14(3)33-24(37)17-11-15-10-13(2)7-8-16(15)21(27)22(17)34-25(38)19-12-20(26(29,30)31)35-36(19)23-18(28)6-5-9-32-23/h5-12,14H,4H2,1-3H3,(H,33,37)(H,34,38). The van der Waals surface area contributed by atoms with E-state index in [0.29, 0.717) is 22.3 Å². The second-order valence-corrected chi connectivity index (χ2v) is 9.91. The van der Waals surface area contributed by atoms with Crippen LogP contribution >= 0.6 is 27.5 Å². The molecule has 0 saturated carbocycles. The Kier molecular flexibility index (Phi) is 7.80. The van der Waals surface area contributed by atoms with Gasteiger partial charge in [-0.3, -0.25) is 9.59 Å². The molecule has 0 saturated heterocycles. The smallest absolute Gasteiger partial charge is 0.350 e. The van der Waals surface area contributed by atoms with Gasteiger partial charge in [0.15, 0.2) is 11.5 Å². The van der Waals surface area contributed by atoms with Gasteiger partial charge in [-0.15, -0.1) is 0 Å². The van der Waals surface area contributed by atoms with Gasteiger partial charge in [-0.05, 0) is 65.2 Å². The van der Waals surface area contributed by atoms with Gasteiger partial charge in [0.05, 0.1) is 16.3 Å². The number of halogens is 5. The van der Waals surface area contributed by atoms with Crippen LogP contribution in [0, 0.1) is 6.92 Å². The predicted molar refractivity (Wildman–Crippen MR) is 143 cm³/mol. The lowest BCUT2D eigenvalue weighted by Crippen LogP contribution is -2.33. The van der Waals surface area contributed by atoms with Gasteiger partial charge in [-0.25, -0.2) is 9.67 Å². The van der Waals surface area contributed by atoms with E-state index in [4.69, 9.17) is 11.6 Å². The largest absolute Gasteiger partial charge is 0.435 e. The molecule has 0 aliphatic carbocycles. The third kappa shape index (κ3) is 5.53. The van der Waals surface area contributed by atoms with Crippen LogP contribution in [-0.4, -0.2) is 32.6 Å². The number of carbonyl (C=O) groups excluding carboxylic acids is 2. The van der Waals surface area contributed by atoms with Crippen LogP contribution in [0.3, 0.4) is 0 Å². The average molecular weight is 609 g/mol. The Morgan fingerprint density at radius 3 is 2.55 bits per heavy atom. The summed E-state index contributed by atoms with van der Waals surface area (Å²) in [5.41, 5.74) is -0.568. The number of aryl methyl sites for hydroxylation is 1. The summed E-state index contributed by atoms with van der Waals surface area (Å²) in [5.74, 6) is -1.55. The topological polar surface area (TPSA) is 88.9 Å². The van der Waals surface area contributed by atoms with Crippen LogP contribution < -0.4 is 10.6 Å². The number of hydrogen-bond acceptors (Lipinski definition) is 4. The summed E-state index contributed by atoms with van der Waals surface area (Å²) in [6, 6.07) is 10.6. The number of carbonyl (C=O) groups is 2. The van der Waals surface area contributed by atoms with Gasteiger partial charge in [0.25, 0.3) is 11.8 Å². The van der Waals surface area contributed by atoms with Gasteiger partial charge in [0.2, 0.25) is 0 Å². The summed E-state index contributed by atoms with van der Waals surface area (Å²) in [6.07, 6.45) is -2.84. The maximum absolute atomic E-state index is 13.6. The van der Waals surface area contributed by atoms with Crippen molar-refractivity contribution < 1.29 is 22.8 Å². The Bertz CT molecular complexity index is 1550. The molecule has 7 nitrogen and oxygen atoms in total. The van der Waals surface area contributed by atoms with E-state index in [-0.39, 0.29) is 28.1 Å². The summed E-state index contributed by atoms with van der Waals surface area (Å²) < 4.78 is 41.8. The summed E-state index contributed by atoms with van der Waals surface area (Å²) in [4.78, 5) is 30.7. The first-order valence-corrected chi connectivity index (χ1v) is 12.7. The first-order valence-electron chi connectivity index (χ1n) is 11.5. The first-order chi connectivity index (χ1) is 17.9. The van der Waals surface area contributed by atoms with Gasteiger partial charge in [0.1, 0.15) is 5.69 Å². The van der Waals surface area contributed by atoms with E-state index >= 15 is 0 Å². The van der Waals surface area contributed by atoms with Crippen molar-refractivity contribution in [2.45, 2.75) is 39.4 Å². The second-order valence-electron chi connectivity index (χ2n) is 8.71. The third-order valence-corrected chi connectivity index (χ3v) is 7.00. The van der Waals surface area contributed by atoms with E-state index in [2.05, 4.69) is 36.6 Å². The normalized spacial score (nSPS) is 12.4. The van der Waals surface area contributed by atoms with Crippen molar-refractivity contribution in [3.8, 4) is 5.82 Å². The Balaban J connectivity index is 1.86. The minimum atomic E-state index is -4.83. The number of pyridine rings is 1. The molecule has 1 unspecified atom stereocenters. The zero-order valence-electron chi connectivity index (χ0n) is 20.5. The summed E-state index contributed by atoms with van der Waals surface area (Å²) in [6.45, 7) is 5.66. The highest BCUT2D eigenvalue weighted by atomic mass is 79.9. The number of fused-ring (bicyclic) bond motifs is 1. The molecule has 4 aromatic rings. The molecule has 12 heteroatoms. The number of benzene rings is 2. The molecule has 0 spiro atoms. The van der Waals surface area contributed by atoms with Crippen LogP contribution in [0.1, 0.15) is 52.4 Å². The molecule has 38 heavy (non-hydrogen) atoms. The SMILES string of the molecule is CCC(C)NC(=O)c1cc2cc(C)ccc2c(Br)c1NC(=O)c1cc(C(F)(F)F)nn1-c1ncccc1Cl. The fraction of sp³-hybridized carbons (Fsp3) is 0.231. The maximum atomic E-state index is 13.6. The number of nitrogens with zero attached hydrogens (tertiary/aromatic N) is 3. The lowest BCUT2D eigenvalue weighted by molar-refractivity contribution is -0.141. The third-order valence-electron chi connectivity index (χ3n) is 5.88. The molecule has 2 N–H and O–H groups in total. The molecule has 2 aromatic heterocycles. The maximum Gasteiger partial charge on any atom is 0.435 e. The van der Waals surface area contributed by atoms with Gasteiger partial charge in [-0.1, -0.05) is 42.3 Å². The number of alkyl halides is 3. The number of hydrogen-bond donors (Lipinski definition) is 2. The van der Waals surface area contributed by atoms with Crippen LogP contribution in [0.4, 0.5) is 18.9 Å². The van der Waals surface area contributed by atoms with E-state index in [1.54, 1.807) is 6.07 Å². The fourth-order valence-corrected chi connectivity index (χ4v) is 4.62. The zero-order valence-corrected chi connectivity index (χ0v) is 22.8. The van der Waals surface area contributed by atoms with E-state index in [9.17, 15) is 22.8 Å². The highest BCUT2D eigenvalue weighted by Crippen LogP contribution is 2.37. The molecule has 2 amide bonds. The average Bonchev–Trinajstić information content (AvgIpc) is 3.31. The minimum Gasteiger partial charge on any atom is -0.350 e. The van der Waals surface area contributed by atoms with Gasteiger partial charge in [0, 0.05) is 22.8 Å². The van der Waals surface area contributed by atoms with Crippen molar-refractivity contribution in [1.82, 2.24) is 20.1 Å². The van der Waals surface area contributed by atoms with Crippen molar-refractivity contribution in [3.05, 3.63) is 80.7 Å². The first kappa shape index (κ1) is 27.6. The lowest BCUT2D eigenvalue weighted by Gasteiger charge is -2.18. The molecular formula is C26H22BrClF3N5O2. The van der Waals surface area contributed by atoms with E-state index in [0.717, 1.165) is 15.6 Å². The zero-order chi connectivity index (χ0) is 27.8. The monoisotopic (exact) mass is 607 g/mol. The molecule has 0 aliphatic heterocycles. The number of anilines is 1. The Hall–Kier alpha value is -3.44. The van der Waals surface area contributed by atoms with Crippen molar-refractivity contribution in [2.24, 2.45) is 0 Å². The Morgan fingerprint density at radius 2 is 1.89 bits per heavy atom. The number of aromatic nitrogens is 3. The quantitative estimate of drug-likeness (QED) is 0.248. The number of rotatable bonds is 6. The molecule has 1 atom stereocenters. The van der Waals surface area contributed by atoms with Crippen molar-refractivity contribution in [1.29, 1.82) is 0 Å². The van der Waals surface area contributed by atoms with E-state index in [1.807, 2.05) is 39.0 Å². The highest BCUT2D eigenvalue weighted by Gasteiger charge is 2.37. The predicted octanol–water partition coefficient (Wildman–Crippen LogP) is 6.94. The van der Waals surface area contributed by atoms with Crippen LogP contribution in [0.5, 0.6) is 0 Å². The van der Waals surface area contributed by atoms with Crippen LogP contribution in [0.25, 0.3) is 16.6 Å². The number of nitrogens with one attached hydrogen (secondary N) is 2. The molecule has 0 aliphatic rings. The fourth-order valence-electron chi connectivity index (χ4n) is 3.74. The van der Waals surface area contributed by atoms with Crippen LogP contribution in [-0.2, 0) is 6.18 Å². The van der Waals surface area contributed by atoms with E-state index in [1.165, 1.54) is 18.3 Å². The van der Waals surface area contributed by atoms with Crippen LogP contribution in [0.2, 0.25) is 5.02 Å². The summed E-state index contributed by atoms with van der Waals surface area (Å²) in [5, 5.41) is 10.5. The Morgan fingerprint density at radius 1 is 1.16 bits per heavy atom. The van der Waals surface area contributed by atoms with Crippen molar-refractivity contribution >= 4 is 55.8 Å². The summed E-state index contributed by atoms with van der Waals surface area (Å²) >= 11 is 9.65. The highest BCUT2D eigenvalue weighted by molar-refractivity contribution is 9.10. The molecule has 198 valence electrons. The molecule has 4 rings (SSSR count). The van der Waals surface area contributed by atoms with Crippen molar-refractivity contribution in [2.75, 3.05) is 5.32 Å². The van der Waals surface area contributed by atoms with Gasteiger partial charge in [-0.2, -0.15) is 18.3 Å². The molecular weight excluding hydrogens is 587 g/mol. The number of amides is 2. The minimum absolute atomic E-state index is 0.00532. The molecule has 0 bridgehead atoms. The molecule has 2 heterocycles. The van der Waals surface area contributed by atoms with Gasteiger partial charge < -0.3 is 10.6 Å². The van der Waals surface area contributed by atoms with Gasteiger partial charge >= 0.3 is 6.18 Å². The van der Waals surface area contributed by atoms with Crippen molar-refractivity contribution in [3.63, 3.8) is 0 Å². The summed E-state index contributed by atoms with van der Waals surface area (Å²) in [7, 11) is 0. The Labute approximate surface area is 229 Å². The lowest BCUT2D eigenvalue weighted by atomic mass is 10.0.